The molecule has 0 aliphatic heterocycles. The average Bonchev–Trinajstić information content (AvgIpc) is 2.18. The number of hydrogen-bond donors (Lipinski definition) is 1. The molecule has 0 fully saturated rings. The van der Waals surface area contributed by atoms with Gasteiger partial charge in [0.1, 0.15) is 11.9 Å². The fraction of sp³-hybridized carbons (Fsp3) is 0.455. The summed E-state index contributed by atoms with van der Waals surface area (Å²) < 4.78 is 10.00. The average molecular weight is 196 g/mol. The molecule has 0 bridgehead atoms. The minimum atomic E-state index is -0.565. The Morgan fingerprint density at radius 1 is 1.36 bits per heavy atom. The smallest absolute Gasteiger partial charge is 0.121 e. The summed E-state index contributed by atoms with van der Waals surface area (Å²) in [6.07, 6.45) is -0.565. The number of ether oxygens (including phenoxy) is 2. The van der Waals surface area contributed by atoms with Crippen molar-refractivity contribution < 1.29 is 14.6 Å². The van der Waals surface area contributed by atoms with Crippen molar-refractivity contribution in [2.45, 2.75) is 13.0 Å². The molecule has 0 heterocycles. The highest BCUT2D eigenvalue weighted by Crippen LogP contribution is 2.22. The van der Waals surface area contributed by atoms with Gasteiger partial charge in [0.2, 0.25) is 0 Å². The molecular formula is C11H16O3. The van der Waals surface area contributed by atoms with Crippen molar-refractivity contribution in [3.8, 4) is 5.75 Å². The standard InChI is InChI=1S/C11H16O3/c1-8-6-9(10(12)7-13-2)4-5-11(8)14-3/h4-6,10,12H,7H2,1-3H3. The predicted molar refractivity (Wildman–Crippen MR) is 54.6 cm³/mol. The van der Waals surface area contributed by atoms with Gasteiger partial charge in [-0.2, -0.15) is 0 Å². The Labute approximate surface area is 84.3 Å². The summed E-state index contributed by atoms with van der Waals surface area (Å²) in [5.41, 5.74) is 1.87. The maximum absolute atomic E-state index is 9.64. The van der Waals surface area contributed by atoms with Gasteiger partial charge in [-0.1, -0.05) is 6.07 Å². The van der Waals surface area contributed by atoms with Gasteiger partial charge in [0.25, 0.3) is 0 Å². The summed E-state index contributed by atoms with van der Waals surface area (Å²) >= 11 is 0. The van der Waals surface area contributed by atoms with E-state index in [1.54, 1.807) is 14.2 Å². The normalized spacial score (nSPS) is 12.6. The van der Waals surface area contributed by atoms with Crippen LogP contribution in [0.15, 0.2) is 18.2 Å². The zero-order valence-corrected chi connectivity index (χ0v) is 8.78. The fourth-order valence-corrected chi connectivity index (χ4v) is 1.36. The molecule has 1 N–H and O–H groups in total. The lowest BCUT2D eigenvalue weighted by atomic mass is 10.1. The molecule has 0 aliphatic carbocycles. The van der Waals surface area contributed by atoms with Gasteiger partial charge in [0.05, 0.1) is 13.7 Å². The Morgan fingerprint density at radius 3 is 2.57 bits per heavy atom. The van der Waals surface area contributed by atoms with Crippen LogP contribution in [0.1, 0.15) is 17.2 Å². The lowest BCUT2D eigenvalue weighted by Crippen LogP contribution is -2.05. The number of aliphatic hydroxyl groups is 1. The van der Waals surface area contributed by atoms with Crippen LogP contribution >= 0.6 is 0 Å². The second-order valence-electron chi connectivity index (χ2n) is 3.20. The molecule has 1 aromatic rings. The van der Waals surface area contributed by atoms with Crippen molar-refractivity contribution in [1.29, 1.82) is 0 Å². The molecule has 0 amide bonds. The summed E-state index contributed by atoms with van der Waals surface area (Å²) in [7, 11) is 3.20. The molecule has 1 rings (SSSR count). The van der Waals surface area contributed by atoms with Gasteiger partial charge in [0, 0.05) is 7.11 Å². The first-order chi connectivity index (χ1) is 6.69. The highest BCUT2D eigenvalue weighted by molar-refractivity contribution is 5.36. The van der Waals surface area contributed by atoms with Crippen LogP contribution in [0.4, 0.5) is 0 Å². The Morgan fingerprint density at radius 2 is 2.07 bits per heavy atom. The van der Waals surface area contributed by atoms with E-state index in [0.717, 1.165) is 16.9 Å². The third-order valence-corrected chi connectivity index (χ3v) is 2.13. The molecule has 78 valence electrons. The minimum absolute atomic E-state index is 0.311. The molecule has 0 saturated heterocycles. The highest BCUT2D eigenvalue weighted by atomic mass is 16.5. The minimum Gasteiger partial charge on any atom is -0.496 e. The van der Waals surface area contributed by atoms with Crippen LogP contribution in [-0.2, 0) is 4.74 Å². The first kappa shape index (κ1) is 11.0. The van der Waals surface area contributed by atoms with Crippen molar-refractivity contribution in [1.82, 2.24) is 0 Å². The van der Waals surface area contributed by atoms with Gasteiger partial charge in [-0.05, 0) is 30.2 Å². The second kappa shape index (κ2) is 4.98. The number of rotatable bonds is 4. The van der Waals surface area contributed by atoms with Gasteiger partial charge in [-0.25, -0.2) is 0 Å². The van der Waals surface area contributed by atoms with Gasteiger partial charge in [-0.3, -0.25) is 0 Å². The lowest BCUT2D eigenvalue weighted by molar-refractivity contribution is 0.0643. The van der Waals surface area contributed by atoms with Gasteiger partial charge in [-0.15, -0.1) is 0 Å². The lowest BCUT2D eigenvalue weighted by Gasteiger charge is -2.12. The molecule has 1 unspecified atom stereocenters. The number of benzene rings is 1. The third kappa shape index (κ3) is 2.47. The van der Waals surface area contributed by atoms with Crippen molar-refractivity contribution in [3.05, 3.63) is 29.3 Å². The summed E-state index contributed by atoms with van der Waals surface area (Å²) in [5.74, 6) is 0.832. The van der Waals surface area contributed by atoms with Crippen molar-refractivity contribution in [3.63, 3.8) is 0 Å². The molecule has 1 aromatic carbocycles. The van der Waals surface area contributed by atoms with Gasteiger partial charge in [0.15, 0.2) is 0 Å². The molecule has 1 atom stereocenters. The zero-order chi connectivity index (χ0) is 10.6. The van der Waals surface area contributed by atoms with Crippen LogP contribution in [-0.4, -0.2) is 25.9 Å². The van der Waals surface area contributed by atoms with E-state index in [1.807, 2.05) is 25.1 Å². The highest BCUT2D eigenvalue weighted by Gasteiger charge is 2.08. The fourth-order valence-electron chi connectivity index (χ4n) is 1.36. The van der Waals surface area contributed by atoms with E-state index in [-0.39, 0.29) is 0 Å². The van der Waals surface area contributed by atoms with Crippen LogP contribution in [0.5, 0.6) is 5.75 Å². The van der Waals surface area contributed by atoms with Crippen LogP contribution in [0, 0.1) is 6.92 Å². The summed E-state index contributed by atoms with van der Waals surface area (Å²) in [4.78, 5) is 0. The summed E-state index contributed by atoms with van der Waals surface area (Å²) in [6.45, 7) is 2.26. The molecule has 3 nitrogen and oxygen atoms in total. The monoisotopic (exact) mass is 196 g/mol. The SMILES string of the molecule is COCC(O)c1ccc(OC)c(C)c1. The second-order valence-corrected chi connectivity index (χ2v) is 3.20. The molecule has 14 heavy (non-hydrogen) atoms. The van der Waals surface area contributed by atoms with E-state index in [9.17, 15) is 5.11 Å². The molecule has 0 saturated carbocycles. The zero-order valence-electron chi connectivity index (χ0n) is 8.78. The number of hydrogen-bond acceptors (Lipinski definition) is 3. The summed E-state index contributed by atoms with van der Waals surface area (Å²) in [5, 5.41) is 9.64. The number of methoxy groups -OCH3 is 2. The number of aryl methyl sites for hydroxylation is 1. The van der Waals surface area contributed by atoms with E-state index in [0.29, 0.717) is 6.61 Å². The molecule has 0 aromatic heterocycles. The maximum Gasteiger partial charge on any atom is 0.121 e. The van der Waals surface area contributed by atoms with Crippen molar-refractivity contribution in [2.75, 3.05) is 20.8 Å². The Kier molecular flexibility index (Phi) is 3.92. The Balaban J connectivity index is 2.85. The van der Waals surface area contributed by atoms with Gasteiger partial charge < -0.3 is 14.6 Å². The quantitative estimate of drug-likeness (QED) is 0.796. The van der Waals surface area contributed by atoms with E-state index < -0.39 is 6.10 Å². The van der Waals surface area contributed by atoms with Crippen LogP contribution in [0.25, 0.3) is 0 Å². The Bertz CT molecular complexity index is 297. The molecule has 0 spiro atoms. The first-order valence-electron chi connectivity index (χ1n) is 4.50. The molecular weight excluding hydrogens is 180 g/mol. The van der Waals surface area contributed by atoms with Crippen LogP contribution in [0.2, 0.25) is 0 Å². The van der Waals surface area contributed by atoms with E-state index in [4.69, 9.17) is 9.47 Å². The predicted octanol–water partition coefficient (Wildman–Crippen LogP) is 1.68. The topological polar surface area (TPSA) is 38.7 Å². The molecule has 0 radical (unpaired) electrons. The van der Waals surface area contributed by atoms with Gasteiger partial charge >= 0.3 is 0 Å². The van der Waals surface area contributed by atoms with E-state index in [2.05, 4.69) is 0 Å². The van der Waals surface area contributed by atoms with Crippen molar-refractivity contribution >= 4 is 0 Å². The first-order valence-corrected chi connectivity index (χ1v) is 4.50. The van der Waals surface area contributed by atoms with Crippen LogP contribution < -0.4 is 4.74 Å². The van der Waals surface area contributed by atoms with E-state index in [1.165, 1.54) is 0 Å². The summed E-state index contributed by atoms with van der Waals surface area (Å²) in [6, 6.07) is 5.60. The number of aliphatic hydroxyl groups excluding tert-OH is 1. The third-order valence-electron chi connectivity index (χ3n) is 2.13. The largest absolute Gasteiger partial charge is 0.496 e. The van der Waals surface area contributed by atoms with Crippen LogP contribution in [0.3, 0.4) is 0 Å². The molecule has 0 aliphatic rings. The Hall–Kier alpha value is -1.06. The van der Waals surface area contributed by atoms with Crippen molar-refractivity contribution in [2.24, 2.45) is 0 Å². The maximum atomic E-state index is 9.64. The molecule has 3 heteroatoms. The van der Waals surface area contributed by atoms with E-state index >= 15 is 0 Å².